The topological polar surface area (TPSA) is 41.8 Å². The molecule has 0 amide bonds. The molecular weight excluding hydrogens is 343 g/mol. The second-order valence-corrected chi connectivity index (χ2v) is 5.43. The lowest BCUT2D eigenvalue weighted by molar-refractivity contribution is 0.108. The Kier molecular flexibility index (Phi) is 7.15. The molecule has 0 bridgehead atoms. The average molecular weight is 357 g/mol. The summed E-state index contributed by atoms with van der Waals surface area (Å²) in [4.78, 5) is 10.5. The van der Waals surface area contributed by atoms with Crippen molar-refractivity contribution in [2.24, 2.45) is 10.2 Å². The zero-order valence-electron chi connectivity index (χ0n) is 12.6. The monoisotopic (exact) mass is 356 g/mol. The lowest BCUT2D eigenvalue weighted by Gasteiger charge is -1.91. The highest BCUT2D eigenvalue weighted by Crippen LogP contribution is 2.16. The first-order valence-corrected chi connectivity index (χ1v) is 7.88. The summed E-state index contributed by atoms with van der Waals surface area (Å²) in [6.45, 7) is 0. The van der Waals surface area contributed by atoms with Crippen LogP contribution in [0.4, 0.5) is 11.4 Å². The summed E-state index contributed by atoms with van der Waals surface area (Å²) in [5, 5.41) is 8.34. The molecule has 0 heterocycles. The van der Waals surface area contributed by atoms with Gasteiger partial charge in [-0.2, -0.15) is 10.2 Å². The van der Waals surface area contributed by atoms with Gasteiger partial charge in [-0.15, -0.1) is 0 Å². The van der Waals surface area contributed by atoms with Gasteiger partial charge < -0.3 is 0 Å². The van der Waals surface area contributed by atoms with E-state index in [1.165, 1.54) is 0 Å². The van der Waals surface area contributed by atoms with Crippen LogP contribution in [0, 0.1) is 0 Å². The molecule has 0 aliphatic carbocycles. The van der Waals surface area contributed by atoms with Crippen LogP contribution in [0.1, 0.15) is 10.4 Å². The highest BCUT2D eigenvalue weighted by molar-refractivity contribution is 6.67. The number of nitrogens with zero attached hydrogens (tertiary/aromatic N) is 2. The molecule has 0 N–H and O–H groups in total. The van der Waals surface area contributed by atoms with E-state index in [9.17, 15) is 4.79 Å². The summed E-state index contributed by atoms with van der Waals surface area (Å²) >= 11 is 10.7. The van der Waals surface area contributed by atoms with E-state index >= 15 is 0 Å². The third-order valence-electron chi connectivity index (χ3n) is 2.86. The smallest absolute Gasteiger partial charge is 0.252 e. The summed E-state index contributed by atoms with van der Waals surface area (Å²) < 4.78 is 0. The Morgan fingerprint density at radius 2 is 1.08 bits per heavy atom. The van der Waals surface area contributed by atoms with Gasteiger partial charge in [0.15, 0.2) is 0 Å². The Balaban J connectivity index is 0.000000185. The number of halogens is 2. The fourth-order valence-electron chi connectivity index (χ4n) is 1.69. The first kappa shape index (κ1) is 17.9. The third-order valence-corrected chi connectivity index (χ3v) is 3.33. The highest BCUT2D eigenvalue weighted by Gasteiger charge is 1.98. The minimum absolute atomic E-state index is 0.461. The summed E-state index contributed by atoms with van der Waals surface area (Å²) in [6.07, 6.45) is 0. The van der Waals surface area contributed by atoms with Gasteiger partial charge >= 0.3 is 0 Å². The predicted molar refractivity (Wildman–Crippen MR) is 98.7 cm³/mol. The van der Waals surface area contributed by atoms with Gasteiger partial charge in [0.25, 0.3) is 5.24 Å². The third kappa shape index (κ3) is 6.32. The minimum atomic E-state index is -0.461. The van der Waals surface area contributed by atoms with Gasteiger partial charge in [0.05, 0.1) is 11.4 Å². The van der Waals surface area contributed by atoms with Crippen molar-refractivity contribution >= 4 is 39.8 Å². The molecule has 0 saturated heterocycles. The van der Waals surface area contributed by atoms with E-state index in [0.29, 0.717) is 10.6 Å². The van der Waals surface area contributed by atoms with E-state index < -0.39 is 5.24 Å². The van der Waals surface area contributed by atoms with Crippen LogP contribution in [-0.2, 0) is 0 Å². The Hall–Kier alpha value is -2.49. The van der Waals surface area contributed by atoms with E-state index in [1.807, 2.05) is 60.7 Å². The van der Waals surface area contributed by atoms with Gasteiger partial charge in [0, 0.05) is 10.6 Å². The van der Waals surface area contributed by atoms with Crippen molar-refractivity contribution in [3.63, 3.8) is 0 Å². The van der Waals surface area contributed by atoms with Gasteiger partial charge in [-0.1, -0.05) is 48.0 Å². The minimum Gasteiger partial charge on any atom is -0.276 e. The molecule has 3 aromatic rings. The first-order chi connectivity index (χ1) is 11.6. The molecule has 3 rings (SSSR count). The second kappa shape index (κ2) is 9.60. The number of rotatable bonds is 3. The standard InChI is InChI=1S/C12H10N2.C7H4Cl2O/c1-3-7-11(8-4-1)13-14-12-9-5-2-6-10-12;8-6-3-1-5(2-4-6)7(9)10/h1-10H;1-4H. The van der Waals surface area contributed by atoms with Crippen LogP contribution in [0.3, 0.4) is 0 Å². The molecule has 0 aromatic heterocycles. The predicted octanol–water partition coefficient (Wildman–Crippen LogP) is 6.82. The van der Waals surface area contributed by atoms with E-state index in [0.717, 1.165) is 11.4 Å². The lowest BCUT2D eigenvalue weighted by atomic mass is 10.2. The molecule has 120 valence electrons. The van der Waals surface area contributed by atoms with Crippen molar-refractivity contribution in [2.45, 2.75) is 0 Å². The number of benzene rings is 3. The quantitative estimate of drug-likeness (QED) is 0.374. The number of hydrogen-bond acceptors (Lipinski definition) is 3. The van der Waals surface area contributed by atoms with Crippen molar-refractivity contribution in [3.05, 3.63) is 95.5 Å². The maximum atomic E-state index is 10.5. The van der Waals surface area contributed by atoms with Gasteiger partial charge in [-0.05, 0) is 60.1 Å². The molecule has 3 nitrogen and oxygen atoms in total. The van der Waals surface area contributed by atoms with Crippen molar-refractivity contribution < 1.29 is 4.79 Å². The Labute approximate surface area is 150 Å². The largest absolute Gasteiger partial charge is 0.276 e. The van der Waals surface area contributed by atoms with Crippen LogP contribution in [0.5, 0.6) is 0 Å². The molecule has 0 spiro atoms. The van der Waals surface area contributed by atoms with E-state index in [1.54, 1.807) is 24.3 Å². The van der Waals surface area contributed by atoms with Crippen LogP contribution in [0.25, 0.3) is 0 Å². The molecule has 0 aliphatic heterocycles. The Morgan fingerprint density at radius 1 is 0.667 bits per heavy atom. The first-order valence-electron chi connectivity index (χ1n) is 7.12. The number of carbonyl (C=O) groups is 1. The fraction of sp³-hybridized carbons (Fsp3) is 0. The Bertz CT molecular complexity index is 747. The van der Waals surface area contributed by atoms with E-state index in [4.69, 9.17) is 23.2 Å². The molecular formula is C19H14Cl2N2O. The van der Waals surface area contributed by atoms with Crippen LogP contribution in [0.15, 0.2) is 95.2 Å². The normalized spacial score (nSPS) is 10.1. The molecule has 0 radical (unpaired) electrons. The van der Waals surface area contributed by atoms with Crippen LogP contribution in [0.2, 0.25) is 5.02 Å². The van der Waals surface area contributed by atoms with Gasteiger partial charge in [-0.3, -0.25) is 4.79 Å². The zero-order valence-corrected chi connectivity index (χ0v) is 14.2. The van der Waals surface area contributed by atoms with Crippen LogP contribution in [-0.4, -0.2) is 5.24 Å². The van der Waals surface area contributed by atoms with Crippen LogP contribution < -0.4 is 0 Å². The maximum absolute atomic E-state index is 10.5. The average Bonchev–Trinajstić information content (AvgIpc) is 2.63. The fourth-order valence-corrected chi connectivity index (χ4v) is 1.94. The lowest BCUT2D eigenvalue weighted by Crippen LogP contribution is -1.85. The zero-order chi connectivity index (χ0) is 17.2. The van der Waals surface area contributed by atoms with Crippen molar-refractivity contribution in [1.29, 1.82) is 0 Å². The number of hydrogen-bond donors (Lipinski definition) is 0. The maximum Gasteiger partial charge on any atom is 0.252 e. The summed E-state index contributed by atoms with van der Waals surface area (Å²) in [5.74, 6) is 0. The summed E-state index contributed by atoms with van der Waals surface area (Å²) in [6, 6.07) is 25.8. The Morgan fingerprint density at radius 3 is 1.46 bits per heavy atom. The molecule has 3 aromatic carbocycles. The van der Waals surface area contributed by atoms with Crippen molar-refractivity contribution in [3.8, 4) is 0 Å². The summed E-state index contributed by atoms with van der Waals surface area (Å²) in [5.41, 5.74) is 2.21. The SMILES string of the molecule is O=C(Cl)c1ccc(Cl)cc1.c1ccc(N=Nc2ccccc2)cc1. The second-order valence-electron chi connectivity index (χ2n) is 4.65. The molecule has 0 saturated carbocycles. The van der Waals surface area contributed by atoms with Gasteiger partial charge in [0.2, 0.25) is 0 Å². The molecule has 0 aliphatic rings. The number of azo groups is 1. The summed E-state index contributed by atoms with van der Waals surface area (Å²) in [7, 11) is 0. The van der Waals surface area contributed by atoms with E-state index in [2.05, 4.69) is 10.2 Å². The highest BCUT2D eigenvalue weighted by atomic mass is 35.5. The van der Waals surface area contributed by atoms with Gasteiger partial charge in [-0.25, -0.2) is 0 Å². The van der Waals surface area contributed by atoms with Crippen molar-refractivity contribution in [2.75, 3.05) is 0 Å². The number of carbonyl (C=O) groups excluding carboxylic acids is 1. The molecule has 0 atom stereocenters. The van der Waals surface area contributed by atoms with Gasteiger partial charge in [0.1, 0.15) is 0 Å². The molecule has 0 fully saturated rings. The molecule has 0 unspecified atom stereocenters. The van der Waals surface area contributed by atoms with E-state index in [-0.39, 0.29) is 0 Å². The van der Waals surface area contributed by atoms with Crippen LogP contribution >= 0.6 is 23.2 Å². The van der Waals surface area contributed by atoms with Crippen molar-refractivity contribution in [1.82, 2.24) is 0 Å². The molecule has 5 heteroatoms. The molecule has 24 heavy (non-hydrogen) atoms.